The number of rotatable bonds is 3. The molecule has 0 fully saturated rings. The lowest BCUT2D eigenvalue weighted by Gasteiger charge is -2.30. The number of aryl methyl sites for hydroxylation is 1. The number of aliphatic hydroxyl groups is 1. The van der Waals surface area contributed by atoms with Crippen LogP contribution in [0.25, 0.3) is 0 Å². The summed E-state index contributed by atoms with van der Waals surface area (Å²) in [7, 11) is 1.54. The van der Waals surface area contributed by atoms with E-state index < -0.39 is 6.10 Å². The van der Waals surface area contributed by atoms with E-state index >= 15 is 0 Å². The summed E-state index contributed by atoms with van der Waals surface area (Å²) >= 11 is 0. The SMILES string of the molecule is COc1ccc(F)cc1C(O)C1CCCc2ccccc21. The zero-order chi connectivity index (χ0) is 14.8. The third-order valence-electron chi connectivity index (χ3n) is 4.31. The summed E-state index contributed by atoms with van der Waals surface area (Å²) in [5.74, 6) is 0.173. The number of hydrogen-bond donors (Lipinski definition) is 1. The number of aliphatic hydroxyl groups excluding tert-OH is 1. The van der Waals surface area contributed by atoms with Gasteiger partial charge in [-0.25, -0.2) is 4.39 Å². The molecule has 0 spiro atoms. The van der Waals surface area contributed by atoms with Crippen LogP contribution >= 0.6 is 0 Å². The van der Waals surface area contributed by atoms with Crippen LogP contribution in [0.1, 0.15) is 41.6 Å². The van der Waals surface area contributed by atoms with E-state index in [1.165, 1.54) is 30.4 Å². The van der Waals surface area contributed by atoms with Gasteiger partial charge in [0.25, 0.3) is 0 Å². The van der Waals surface area contributed by atoms with Crippen LogP contribution in [0, 0.1) is 5.82 Å². The summed E-state index contributed by atoms with van der Waals surface area (Å²) < 4.78 is 18.8. The summed E-state index contributed by atoms with van der Waals surface area (Å²) in [6.45, 7) is 0. The molecule has 2 atom stereocenters. The highest BCUT2D eigenvalue weighted by molar-refractivity contribution is 5.40. The Balaban J connectivity index is 2.00. The van der Waals surface area contributed by atoms with E-state index in [0.717, 1.165) is 19.3 Å². The van der Waals surface area contributed by atoms with E-state index in [1.807, 2.05) is 12.1 Å². The van der Waals surface area contributed by atoms with Gasteiger partial charge in [0.05, 0.1) is 13.2 Å². The van der Waals surface area contributed by atoms with Gasteiger partial charge in [0.2, 0.25) is 0 Å². The Hall–Kier alpha value is -1.87. The van der Waals surface area contributed by atoms with Gasteiger partial charge in [-0.2, -0.15) is 0 Å². The molecule has 0 saturated carbocycles. The van der Waals surface area contributed by atoms with Gasteiger partial charge in [-0.1, -0.05) is 24.3 Å². The fourth-order valence-electron chi connectivity index (χ4n) is 3.27. The third-order valence-corrected chi connectivity index (χ3v) is 4.31. The highest BCUT2D eigenvalue weighted by Crippen LogP contribution is 2.42. The second-order valence-electron chi connectivity index (χ2n) is 5.53. The minimum atomic E-state index is -0.753. The molecule has 1 aliphatic carbocycles. The Labute approximate surface area is 124 Å². The lowest BCUT2D eigenvalue weighted by Crippen LogP contribution is -2.17. The Morgan fingerprint density at radius 1 is 1.24 bits per heavy atom. The maximum absolute atomic E-state index is 13.5. The molecule has 110 valence electrons. The van der Waals surface area contributed by atoms with Crippen molar-refractivity contribution in [2.24, 2.45) is 0 Å². The predicted octanol–water partition coefficient (Wildman–Crippen LogP) is 3.99. The molecule has 0 radical (unpaired) electrons. The van der Waals surface area contributed by atoms with Crippen LogP contribution in [-0.2, 0) is 6.42 Å². The van der Waals surface area contributed by atoms with E-state index in [1.54, 1.807) is 6.07 Å². The fraction of sp³-hybridized carbons (Fsp3) is 0.333. The molecule has 1 N–H and O–H groups in total. The van der Waals surface area contributed by atoms with E-state index in [4.69, 9.17) is 4.74 Å². The molecule has 2 aromatic carbocycles. The van der Waals surface area contributed by atoms with Crippen LogP contribution in [0.3, 0.4) is 0 Å². The maximum atomic E-state index is 13.5. The summed E-state index contributed by atoms with van der Waals surface area (Å²) in [6, 6.07) is 12.5. The standard InChI is InChI=1S/C18H19FO2/c1-21-17-10-9-13(19)11-16(17)18(20)15-8-4-6-12-5-2-3-7-14(12)15/h2-3,5,7,9-11,15,18,20H,4,6,8H2,1H3. The number of halogens is 1. The first-order chi connectivity index (χ1) is 10.2. The molecular weight excluding hydrogens is 267 g/mol. The van der Waals surface area contributed by atoms with Crippen molar-refractivity contribution < 1.29 is 14.2 Å². The molecule has 0 aliphatic heterocycles. The van der Waals surface area contributed by atoms with Crippen LogP contribution in [0.4, 0.5) is 4.39 Å². The Kier molecular flexibility index (Phi) is 3.93. The molecule has 0 heterocycles. The molecule has 2 unspecified atom stereocenters. The Morgan fingerprint density at radius 3 is 2.86 bits per heavy atom. The number of benzene rings is 2. The Morgan fingerprint density at radius 2 is 2.05 bits per heavy atom. The van der Waals surface area contributed by atoms with E-state index in [-0.39, 0.29) is 11.7 Å². The first kappa shape index (κ1) is 14.1. The van der Waals surface area contributed by atoms with Crippen molar-refractivity contribution in [3.63, 3.8) is 0 Å². The highest BCUT2D eigenvalue weighted by Gasteiger charge is 2.29. The van der Waals surface area contributed by atoms with E-state index in [2.05, 4.69) is 12.1 Å². The van der Waals surface area contributed by atoms with Gasteiger partial charge in [0.15, 0.2) is 0 Å². The molecular formula is C18H19FO2. The molecule has 0 bridgehead atoms. The minimum Gasteiger partial charge on any atom is -0.496 e. The van der Waals surface area contributed by atoms with Crippen LogP contribution in [0.15, 0.2) is 42.5 Å². The van der Waals surface area contributed by atoms with Crippen molar-refractivity contribution in [2.75, 3.05) is 7.11 Å². The molecule has 1 aliphatic rings. The van der Waals surface area contributed by atoms with Crippen LogP contribution in [0.5, 0.6) is 5.75 Å². The van der Waals surface area contributed by atoms with Gasteiger partial charge in [-0.15, -0.1) is 0 Å². The van der Waals surface area contributed by atoms with Crippen LogP contribution in [0.2, 0.25) is 0 Å². The van der Waals surface area contributed by atoms with Gasteiger partial charge < -0.3 is 9.84 Å². The second kappa shape index (κ2) is 5.86. The molecule has 2 nitrogen and oxygen atoms in total. The van der Waals surface area contributed by atoms with Crippen molar-refractivity contribution in [3.05, 3.63) is 65.0 Å². The molecule has 3 heteroatoms. The topological polar surface area (TPSA) is 29.5 Å². The number of hydrogen-bond acceptors (Lipinski definition) is 2. The molecule has 2 aromatic rings. The predicted molar refractivity (Wildman–Crippen MR) is 80.0 cm³/mol. The van der Waals surface area contributed by atoms with Crippen molar-refractivity contribution in [1.82, 2.24) is 0 Å². The van der Waals surface area contributed by atoms with E-state index in [9.17, 15) is 9.50 Å². The molecule has 21 heavy (non-hydrogen) atoms. The first-order valence-electron chi connectivity index (χ1n) is 7.30. The monoisotopic (exact) mass is 286 g/mol. The highest BCUT2D eigenvalue weighted by atomic mass is 19.1. The normalized spacial score (nSPS) is 18.9. The largest absolute Gasteiger partial charge is 0.496 e. The summed E-state index contributed by atoms with van der Waals surface area (Å²) in [6.07, 6.45) is 2.23. The number of ether oxygens (including phenoxy) is 1. The molecule has 0 aromatic heterocycles. The van der Waals surface area contributed by atoms with Crippen molar-refractivity contribution in [3.8, 4) is 5.75 Å². The van der Waals surface area contributed by atoms with Crippen LogP contribution < -0.4 is 4.74 Å². The van der Waals surface area contributed by atoms with Gasteiger partial charge in [0.1, 0.15) is 11.6 Å². The third kappa shape index (κ3) is 2.66. The average molecular weight is 286 g/mol. The van der Waals surface area contributed by atoms with E-state index in [0.29, 0.717) is 11.3 Å². The summed E-state index contributed by atoms with van der Waals surface area (Å²) in [5.41, 5.74) is 2.98. The summed E-state index contributed by atoms with van der Waals surface area (Å²) in [4.78, 5) is 0. The van der Waals surface area contributed by atoms with Gasteiger partial charge in [-0.05, 0) is 48.6 Å². The lowest BCUT2D eigenvalue weighted by molar-refractivity contribution is 0.132. The maximum Gasteiger partial charge on any atom is 0.124 e. The summed E-state index contributed by atoms with van der Waals surface area (Å²) in [5, 5.41) is 10.8. The number of fused-ring (bicyclic) bond motifs is 1. The van der Waals surface area contributed by atoms with Gasteiger partial charge in [-0.3, -0.25) is 0 Å². The smallest absolute Gasteiger partial charge is 0.124 e. The zero-order valence-corrected chi connectivity index (χ0v) is 12.1. The van der Waals surface area contributed by atoms with Crippen molar-refractivity contribution in [2.45, 2.75) is 31.3 Å². The fourth-order valence-corrected chi connectivity index (χ4v) is 3.27. The number of methoxy groups -OCH3 is 1. The van der Waals surface area contributed by atoms with Gasteiger partial charge >= 0.3 is 0 Å². The minimum absolute atomic E-state index is 0.00866. The van der Waals surface area contributed by atoms with Crippen LogP contribution in [-0.4, -0.2) is 12.2 Å². The molecule has 3 rings (SSSR count). The quantitative estimate of drug-likeness (QED) is 0.924. The average Bonchev–Trinajstić information content (AvgIpc) is 2.53. The second-order valence-corrected chi connectivity index (χ2v) is 5.53. The van der Waals surface area contributed by atoms with Crippen molar-refractivity contribution >= 4 is 0 Å². The van der Waals surface area contributed by atoms with Crippen molar-refractivity contribution in [1.29, 1.82) is 0 Å². The first-order valence-corrected chi connectivity index (χ1v) is 7.30. The van der Waals surface area contributed by atoms with Gasteiger partial charge in [0, 0.05) is 11.5 Å². The zero-order valence-electron chi connectivity index (χ0n) is 12.1. The molecule has 0 saturated heterocycles. The Bertz CT molecular complexity index is 639. The lowest BCUT2D eigenvalue weighted by atomic mass is 9.78. The molecule has 0 amide bonds.